The molecule has 0 aliphatic carbocycles. The fourth-order valence-corrected chi connectivity index (χ4v) is 2.22. The number of thioether (sulfide) groups is 1. The summed E-state index contributed by atoms with van der Waals surface area (Å²) in [5, 5.41) is 0. The lowest BCUT2D eigenvalue weighted by Crippen LogP contribution is -2.17. The lowest BCUT2D eigenvalue weighted by Gasteiger charge is -2.05. The minimum atomic E-state index is 0.312. The second-order valence-electron chi connectivity index (χ2n) is 3.90. The zero-order valence-corrected chi connectivity index (χ0v) is 10.1. The molecule has 0 aliphatic rings. The normalized spacial score (nSPS) is 12.7. The van der Waals surface area contributed by atoms with Crippen molar-refractivity contribution in [2.45, 2.75) is 25.8 Å². The number of hydrogen-bond donors (Lipinski definition) is 2. The summed E-state index contributed by atoms with van der Waals surface area (Å²) < 4.78 is 0. The fourth-order valence-electron chi connectivity index (χ4n) is 1.33. The summed E-state index contributed by atoms with van der Waals surface area (Å²) in [5.74, 6) is 2.24. The summed E-state index contributed by atoms with van der Waals surface area (Å²) in [5.41, 5.74) is 13.5. The van der Waals surface area contributed by atoms with Crippen LogP contribution in [0.25, 0.3) is 0 Å². The van der Waals surface area contributed by atoms with Crippen LogP contribution in [0.15, 0.2) is 24.3 Å². The van der Waals surface area contributed by atoms with Gasteiger partial charge in [0.15, 0.2) is 0 Å². The van der Waals surface area contributed by atoms with Gasteiger partial charge in [-0.1, -0.05) is 12.1 Å². The van der Waals surface area contributed by atoms with Crippen molar-refractivity contribution in [2.75, 3.05) is 17.2 Å². The van der Waals surface area contributed by atoms with Crippen molar-refractivity contribution in [1.82, 2.24) is 0 Å². The summed E-state index contributed by atoms with van der Waals surface area (Å²) in [6.45, 7) is 2.05. The summed E-state index contributed by atoms with van der Waals surface area (Å²) in [6.07, 6.45) is 2.34. The molecule has 0 heterocycles. The maximum Gasteiger partial charge on any atom is 0.0314 e. The SMILES string of the molecule is CC(N)CSCCCc1ccc(N)cc1. The van der Waals surface area contributed by atoms with E-state index < -0.39 is 0 Å². The van der Waals surface area contributed by atoms with Crippen LogP contribution in [0.3, 0.4) is 0 Å². The molecular formula is C12H20N2S. The smallest absolute Gasteiger partial charge is 0.0314 e. The lowest BCUT2D eigenvalue weighted by atomic mass is 10.1. The van der Waals surface area contributed by atoms with Crippen LogP contribution in [0.5, 0.6) is 0 Å². The van der Waals surface area contributed by atoms with Gasteiger partial charge in [0, 0.05) is 17.5 Å². The van der Waals surface area contributed by atoms with Gasteiger partial charge >= 0.3 is 0 Å². The molecule has 0 aliphatic heterocycles. The molecule has 1 aromatic carbocycles. The van der Waals surface area contributed by atoms with Crippen LogP contribution >= 0.6 is 11.8 Å². The number of hydrogen-bond acceptors (Lipinski definition) is 3. The Morgan fingerprint density at radius 3 is 2.53 bits per heavy atom. The van der Waals surface area contributed by atoms with Crippen molar-refractivity contribution in [3.8, 4) is 0 Å². The average molecular weight is 224 g/mol. The molecule has 0 saturated heterocycles. The first kappa shape index (κ1) is 12.4. The van der Waals surface area contributed by atoms with Gasteiger partial charge in [-0.05, 0) is 43.2 Å². The Kier molecular flexibility index (Phi) is 5.58. The predicted octanol–water partition coefficient (Wildman–Crippen LogP) is 2.28. The Hall–Kier alpha value is -0.670. The Morgan fingerprint density at radius 2 is 1.93 bits per heavy atom. The third-order valence-corrected chi connectivity index (χ3v) is 3.45. The van der Waals surface area contributed by atoms with Gasteiger partial charge < -0.3 is 11.5 Å². The van der Waals surface area contributed by atoms with E-state index in [0.29, 0.717) is 6.04 Å². The highest BCUT2D eigenvalue weighted by Crippen LogP contribution is 2.10. The standard InChI is InChI=1S/C12H20N2S/c1-10(13)9-15-8-2-3-11-4-6-12(14)7-5-11/h4-7,10H,2-3,8-9,13-14H2,1H3. The van der Waals surface area contributed by atoms with Crippen LogP contribution in [-0.2, 0) is 6.42 Å². The van der Waals surface area contributed by atoms with Gasteiger partial charge in [-0.25, -0.2) is 0 Å². The molecule has 0 aromatic heterocycles. The fraction of sp³-hybridized carbons (Fsp3) is 0.500. The van der Waals surface area contributed by atoms with E-state index in [-0.39, 0.29) is 0 Å². The van der Waals surface area contributed by atoms with E-state index in [1.54, 1.807) is 0 Å². The number of anilines is 1. The third-order valence-electron chi connectivity index (χ3n) is 2.11. The highest BCUT2D eigenvalue weighted by Gasteiger charge is 1.96. The van der Waals surface area contributed by atoms with E-state index in [1.165, 1.54) is 17.7 Å². The topological polar surface area (TPSA) is 52.0 Å². The summed E-state index contributed by atoms with van der Waals surface area (Å²) in [7, 11) is 0. The Labute approximate surface area is 96.4 Å². The quantitative estimate of drug-likeness (QED) is 0.576. The van der Waals surface area contributed by atoms with E-state index in [0.717, 1.165) is 17.9 Å². The predicted molar refractivity (Wildman–Crippen MR) is 70.1 cm³/mol. The monoisotopic (exact) mass is 224 g/mol. The van der Waals surface area contributed by atoms with Gasteiger partial charge in [-0.3, -0.25) is 0 Å². The summed E-state index contributed by atoms with van der Waals surface area (Å²) in [6, 6.07) is 8.44. The molecule has 1 aromatic rings. The number of aryl methyl sites for hydroxylation is 1. The maximum absolute atomic E-state index is 5.67. The Bertz CT molecular complexity index is 269. The zero-order chi connectivity index (χ0) is 11.1. The van der Waals surface area contributed by atoms with Crippen LogP contribution in [0.4, 0.5) is 5.69 Å². The van der Waals surface area contributed by atoms with Gasteiger partial charge in [-0.15, -0.1) is 0 Å². The highest BCUT2D eigenvalue weighted by atomic mass is 32.2. The zero-order valence-electron chi connectivity index (χ0n) is 9.28. The van der Waals surface area contributed by atoms with Gasteiger partial charge in [-0.2, -0.15) is 11.8 Å². The van der Waals surface area contributed by atoms with Crippen molar-refractivity contribution < 1.29 is 0 Å². The van der Waals surface area contributed by atoms with Crippen molar-refractivity contribution in [3.05, 3.63) is 29.8 Å². The average Bonchev–Trinajstić information content (AvgIpc) is 2.20. The van der Waals surface area contributed by atoms with Crippen LogP contribution in [0.2, 0.25) is 0 Å². The van der Waals surface area contributed by atoms with Crippen molar-refractivity contribution >= 4 is 17.4 Å². The second kappa shape index (κ2) is 6.75. The molecular weight excluding hydrogens is 204 g/mol. The molecule has 0 radical (unpaired) electrons. The molecule has 3 heteroatoms. The van der Waals surface area contributed by atoms with E-state index in [2.05, 4.69) is 12.1 Å². The molecule has 0 saturated carbocycles. The second-order valence-corrected chi connectivity index (χ2v) is 5.05. The molecule has 1 rings (SSSR count). The van der Waals surface area contributed by atoms with Gasteiger partial charge in [0.1, 0.15) is 0 Å². The van der Waals surface area contributed by atoms with Crippen LogP contribution < -0.4 is 11.5 Å². The molecule has 0 amide bonds. The molecule has 2 nitrogen and oxygen atoms in total. The van der Waals surface area contributed by atoms with E-state index >= 15 is 0 Å². The maximum atomic E-state index is 5.67. The Balaban J connectivity index is 2.12. The number of nitrogens with two attached hydrogens (primary N) is 2. The minimum absolute atomic E-state index is 0.312. The Morgan fingerprint density at radius 1 is 1.27 bits per heavy atom. The summed E-state index contributed by atoms with van der Waals surface area (Å²) in [4.78, 5) is 0. The molecule has 1 unspecified atom stereocenters. The number of benzene rings is 1. The molecule has 0 spiro atoms. The van der Waals surface area contributed by atoms with Crippen molar-refractivity contribution in [3.63, 3.8) is 0 Å². The molecule has 84 valence electrons. The molecule has 0 fully saturated rings. The van der Waals surface area contributed by atoms with E-state index in [4.69, 9.17) is 11.5 Å². The largest absolute Gasteiger partial charge is 0.399 e. The van der Waals surface area contributed by atoms with Gasteiger partial charge in [0.25, 0.3) is 0 Å². The molecule has 1 atom stereocenters. The molecule has 4 N–H and O–H groups in total. The lowest BCUT2D eigenvalue weighted by molar-refractivity contribution is 0.844. The first-order valence-corrected chi connectivity index (χ1v) is 6.51. The van der Waals surface area contributed by atoms with Crippen molar-refractivity contribution in [1.29, 1.82) is 0 Å². The minimum Gasteiger partial charge on any atom is -0.399 e. The summed E-state index contributed by atoms with van der Waals surface area (Å²) >= 11 is 1.93. The van der Waals surface area contributed by atoms with Crippen LogP contribution in [0, 0.1) is 0 Å². The van der Waals surface area contributed by atoms with E-state index in [1.807, 2.05) is 30.8 Å². The van der Waals surface area contributed by atoms with Crippen molar-refractivity contribution in [2.24, 2.45) is 5.73 Å². The molecule has 15 heavy (non-hydrogen) atoms. The first-order chi connectivity index (χ1) is 7.18. The van der Waals surface area contributed by atoms with Gasteiger partial charge in [0.2, 0.25) is 0 Å². The van der Waals surface area contributed by atoms with Gasteiger partial charge in [0.05, 0.1) is 0 Å². The van der Waals surface area contributed by atoms with Crippen LogP contribution in [-0.4, -0.2) is 17.5 Å². The molecule has 0 bridgehead atoms. The highest BCUT2D eigenvalue weighted by molar-refractivity contribution is 7.99. The number of nitrogen functional groups attached to an aromatic ring is 1. The third kappa shape index (κ3) is 5.70. The van der Waals surface area contributed by atoms with E-state index in [9.17, 15) is 0 Å². The van der Waals surface area contributed by atoms with Crippen LogP contribution in [0.1, 0.15) is 18.9 Å². The number of rotatable bonds is 6. The first-order valence-electron chi connectivity index (χ1n) is 5.36.